The lowest BCUT2D eigenvalue weighted by Gasteiger charge is -2.21. The Bertz CT molecular complexity index is 428. The third kappa shape index (κ3) is 2.20. The first-order valence-electron chi connectivity index (χ1n) is 6.17. The molecule has 0 bridgehead atoms. The molecule has 17 heavy (non-hydrogen) atoms. The highest BCUT2D eigenvalue weighted by Crippen LogP contribution is 2.39. The topological polar surface area (TPSA) is 49.3 Å². The first-order chi connectivity index (χ1) is 8.04. The number of hydrogen-bond acceptors (Lipinski definition) is 2. The zero-order valence-electron chi connectivity index (χ0n) is 10.4. The zero-order valence-corrected chi connectivity index (χ0v) is 10.4. The van der Waals surface area contributed by atoms with Gasteiger partial charge in [0.2, 0.25) is 0 Å². The van der Waals surface area contributed by atoms with E-state index in [1.54, 1.807) is 0 Å². The number of aliphatic hydroxyl groups is 1. The molecule has 1 aromatic carbocycles. The molecule has 1 heterocycles. The van der Waals surface area contributed by atoms with Crippen LogP contribution < -0.4 is 5.32 Å². The maximum atomic E-state index is 11.9. The number of para-hydroxylation sites is 1. The van der Waals surface area contributed by atoms with Crippen molar-refractivity contribution in [2.24, 2.45) is 5.92 Å². The van der Waals surface area contributed by atoms with E-state index in [0.717, 1.165) is 18.5 Å². The van der Waals surface area contributed by atoms with Gasteiger partial charge in [-0.25, -0.2) is 0 Å². The number of fused-ring (bicyclic) bond motifs is 1. The zero-order chi connectivity index (χ0) is 12.5. The molecule has 0 saturated heterocycles. The van der Waals surface area contributed by atoms with Crippen LogP contribution in [0.15, 0.2) is 24.3 Å². The van der Waals surface area contributed by atoms with Gasteiger partial charge >= 0.3 is 0 Å². The van der Waals surface area contributed by atoms with Crippen molar-refractivity contribution in [1.82, 2.24) is 0 Å². The van der Waals surface area contributed by atoms with Crippen LogP contribution in [0.4, 0.5) is 5.69 Å². The highest BCUT2D eigenvalue weighted by molar-refractivity contribution is 6.04. The van der Waals surface area contributed by atoms with E-state index in [1.165, 1.54) is 0 Å². The molecule has 3 nitrogen and oxygen atoms in total. The summed E-state index contributed by atoms with van der Waals surface area (Å²) in [4.78, 5) is 11.9. The lowest BCUT2D eigenvalue weighted by Crippen LogP contribution is -2.34. The molecule has 0 fully saturated rings. The minimum Gasteiger partial charge on any atom is -0.375 e. The van der Waals surface area contributed by atoms with Crippen molar-refractivity contribution < 1.29 is 9.90 Å². The molecular weight excluding hydrogens is 214 g/mol. The molecule has 0 aliphatic carbocycles. The Labute approximate surface area is 102 Å². The van der Waals surface area contributed by atoms with Crippen molar-refractivity contribution in [3.05, 3.63) is 29.8 Å². The molecule has 0 aromatic heterocycles. The van der Waals surface area contributed by atoms with E-state index in [-0.39, 0.29) is 5.91 Å². The second kappa shape index (κ2) is 4.49. The quantitative estimate of drug-likeness (QED) is 0.840. The summed E-state index contributed by atoms with van der Waals surface area (Å²) in [5, 5.41) is 13.2. The minimum atomic E-state index is -1.33. The van der Waals surface area contributed by atoms with Crippen LogP contribution in [0.2, 0.25) is 0 Å². The molecule has 1 atom stereocenters. The number of carbonyl (C=O) groups is 1. The standard InChI is InChI=1S/C14H19NO2/c1-10(2)6-5-9-14(17)11-7-3-4-8-12(11)15-13(14)16/h3-4,7-8,10,17H,5-6,9H2,1-2H3,(H,15,16). The van der Waals surface area contributed by atoms with Crippen LogP contribution in [-0.4, -0.2) is 11.0 Å². The van der Waals surface area contributed by atoms with Crippen LogP contribution in [0.3, 0.4) is 0 Å². The molecule has 2 N–H and O–H groups in total. The number of nitrogens with one attached hydrogen (secondary N) is 1. The van der Waals surface area contributed by atoms with Gasteiger partial charge in [0.1, 0.15) is 0 Å². The van der Waals surface area contributed by atoms with Crippen molar-refractivity contribution in [2.45, 2.75) is 38.7 Å². The first kappa shape index (κ1) is 12.1. The Morgan fingerprint density at radius 1 is 1.35 bits per heavy atom. The first-order valence-corrected chi connectivity index (χ1v) is 6.17. The van der Waals surface area contributed by atoms with Crippen LogP contribution in [-0.2, 0) is 10.4 Å². The van der Waals surface area contributed by atoms with E-state index in [2.05, 4.69) is 19.2 Å². The van der Waals surface area contributed by atoms with Crippen molar-refractivity contribution in [3.8, 4) is 0 Å². The lowest BCUT2D eigenvalue weighted by atomic mass is 9.88. The Kier molecular flexibility index (Phi) is 3.20. The Morgan fingerprint density at radius 2 is 2.06 bits per heavy atom. The fraction of sp³-hybridized carbons (Fsp3) is 0.500. The van der Waals surface area contributed by atoms with Gasteiger partial charge in [-0.15, -0.1) is 0 Å². The molecule has 3 heteroatoms. The predicted molar refractivity (Wildman–Crippen MR) is 67.7 cm³/mol. The molecule has 1 aromatic rings. The van der Waals surface area contributed by atoms with E-state index >= 15 is 0 Å². The molecular formula is C14H19NO2. The maximum Gasteiger partial charge on any atom is 0.261 e. The summed E-state index contributed by atoms with van der Waals surface area (Å²) in [6.45, 7) is 4.29. The molecule has 1 aliphatic heterocycles. The van der Waals surface area contributed by atoms with Gasteiger partial charge in [0.15, 0.2) is 5.60 Å². The van der Waals surface area contributed by atoms with E-state index in [9.17, 15) is 9.90 Å². The number of amides is 1. The lowest BCUT2D eigenvalue weighted by molar-refractivity contribution is -0.134. The number of anilines is 1. The van der Waals surface area contributed by atoms with Gasteiger partial charge in [0, 0.05) is 11.3 Å². The Balaban J connectivity index is 2.16. The highest BCUT2D eigenvalue weighted by Gasteiger charge is 2.44. The molecule has 2 rings (SSSR count). The second-order valence-electron chi connectivity index (χ2n) is 5.15. The van der Waals surface area contributed by atoms with Crippen molar-refractivity contribution in [2.75, 3.05) is 5.32 Å². The van der Waals surface area contributed by atoms with Gasteiger partial charge < -0.3 is 10.4 Å². The highest BCUT2D eigenvalue weighted by atomic mass is 16.3. The summed E-state index contributed by atoms with van der Waals surface area (Å²) in [5.74, 6) is 0.306. The SMILES string of the molecule is CC(C)CCCC1(O)C(=O)Nc2ccccc21. The van der Waals surface area contributed by atoms with E-state index in [0.29, 0.717) is 17.9 Å². The van der Waals surface area contributed by atoms with E-state index < -0.39 is 5.60 Å². The second-order valence-corrected chi connectivity index (χ2v) is 5.15. The van der Waals surface area contributed by atoms with Crippen LogP contribution in [0.1, 0.15) is 38.7 Å². The van der Waals surface area contributed by atoms with E-state index in [1.807, 2.05) is 24.3 Å². The van der Waals surface area contributed by atoms with Gasteiger partial charge in [-0.05, 0) is 24.8 Å². The summed E-state index contributed by atoms with van der Waals surface area (Å²) >= 11 is 0. The van der Waals surface area contributed by atoms with Crippen LogP contribution in [0, 0.1) is 5.92 Å². The Morgan fingerprint density at radius 3 is 2.76 bits per heavy atom. The molecule has 92 valence electrons. The smallest absolute Gasteiger partial charge is 0.261 e. The fourth-order valence-corrected chi connectivity index (χ4v) is 2.32. The number of hydrogen-bond donors (Lipinski definition) is 2. The van der Waals surface area contributed by atoms with Gasteiger partial charge in [0.05, 0.1) is 0 Å². The average molecular weight is 233 g/mol. The molecule has 1 unspecified atom stereocenters. The van der Waals surface area contributed by atoms with Crippen molar-refractivity contribution in [1.29, 1.82) is 0 Å². The van der Waals surface area contributed by atoms with Crippen LogP contribution >= 0.6 is 0 Å². The van der Waals surface area contributed by atoms with Crippen molar-refractivity contribution >= 4 is 11.6 Å². The summed E-state index contributed by atoms with van der Waals surface area (Å²) in [6, 6.07) is 7.36. The fourth-order valence-electron chi connectivity index (χ4n) is 2.32. The monoisotopic (exact) mass is 233 g/mol. The third-order valence-electron chi connectivity index (χ3n) is 3.32. The predicted octanol–water partition coefficient (Wildman–Crippen LogP) is 2.65. The molecule has 1 aliphatic rings. The van der Waals surface area contributed by atoms with Gasteiger partial charge in [-0.1, -0.05) is 38.5 Å². The normalized spacial score (nSPS) is 22.7. The third-order valence-corrected chi connectivity index (χ3v) is 3.32. The largest absolute Gasteiger partial charge is 0.375 e. The number of rotatable bonds is 4. The summed E-state index contributed by atoms with van der Waals surface area (Å²) in [5.41, 5.74) is 0.129. The average Bonchev–Trinajstić information content (AvgIpc) is 2.52. The Hall–Kier alpha value is -1.35. The molecule has 1 amide bonds. The van der Waals surface area contributed by atoms with Gasteiger partial charge in [-0.3, -0.25) is 4.79 Å². The van der Waals surface area contributed by atoms with Gasteiger partial charge in [-0.2, -0.15) is 0 Å². The maximum absolute atomic E-state index is 11.9. The van der Waals surface area contributed by atoms with E-state index in [4.69, 9.17) is 0 Å². The van der Waals surface area contributed by atoms with Crippen LogP contribution in [0.5, 0.6) is 0 Å². The summed E-state index contributed by atoms with van der Waals surface area (Å²) in [7, 11) is 0. The number of benzene rings is 1. The number of carbonyl (C=O) groups excluding carboxylic acids is 1. The summed E-state index contributed by atoms with van der Waals surface area (Å²) in [6.07, 6.45) is 2.38. The molecule has 0 saturated carbocycles. The van der Waals surface area contributed by atoms with Crippen LogP contribution in [0.25, 0.3) is 0 Å². The summed E-state index contributed by atoms with van der Waals surface area (Å²) < 4.78 is 0. The molecule has 0 radical (unpaired) electrons. The van der Waals surface area contributed by atoms with Gasteiger partial charge in [0.25, 0.3) is 5.91 Å². The minimum absolute atomic E-state index is 0.289. The molecule has 0 spiro atoms. The van der Waals surface area contributed by atoms with Crippen molar-refractivity contribution in [3.63, 3.8) is 0 Å².